The summed E-state index contributed by atoms with van der Waals surface area (Å²) < 4.78 is 25.7. The largest absolute Gasteiger partial charge is 0.315 e. The van der Waals surface area contributed by atoms with Crippen LogP contribution in [0.3, 0.4) is 0 Å². The summed E-state index contributed by atoms with van der Waals surface area (Å²) >= 11 is 1.51. The molecule has 0 radical (unpaired) electrons. The van der Waals surface area contributed by atoms with Crippen molar-refractivity contribution >= 4 is 38.1 Å². The van der Waals surface area contributed by atoms with Crippen LogP contribution in [0.1, 0.15) is 36.7 Å². The molecule has 1 saturated heterocycles. The molecular weight excluding hydrogens is 456 g/mol. The van der Waals surface area contributed by atoms with Gasteiger partial charge in [-0.1, -0.05) is 43.8 Å². The van der Waals surface area contributed by atoms with Crippen molar-refractivity contribution < 1.29 is 8.42 Å². The lowest BCUT2D eigenvalue weighted by Crippen LogP contribution is -2.30. The number of hydrogen-bond acceptors (Lipinski definition) is 7. The molecule has 4 heterocycles. The number of pyridine rings is 1. The van der Waals surface area contributed by atoms with Gasteiger partial charge in [-0.2, -0.15) is 0 Å². The summed E-state index contributed by atoms with van der Waals surface area (Å²) in [5.74, 6) is 0.675. The average Bonchev–Trinajstić information content (AvgIpc) is 3.25. The van der Waals surface area contributed by atoms with Gasteiger partial charge >= 0.3 is 0 Å². The molecule has 0 N–H and O–H groups in total. The first-order chi connectivity index (χ1) is 15.7. The van der Waals surface area contributed by atoms with Gasteiger partial charge in [-0.3, -0.25) is 14.2 Å². The molecule has 1 aromatic carbocycles. The lowest BCUT2D eigenvalue weighted by atomic mass is 10.0. The minimum atomic E-state index is -3.03. The predicted octanol–water partition coefficient (Wildman–Crippen LogP) is 3.40. The Bertz CT molecular complexity index is 1410. The molecule has 7 nitrogen and oxygen atoms in total. The second kappa shape index (κ2) is 8.29. The number of fused-ring (bicyclic) bond motifs is 2. The number of amidine groups is 1. The summed E-state index contributed by atoms with van der Waals surface area (Å²) in [6, 6.07) is 15.3. The van der Waals surface area contributed by atoms with E-state index >= 15 is 0 Å². The molecule has 0 spiro atoms. The van der Waals surface area contributed by atoms with E-state index in [0.717, 1.165) is 16.5 Å². The minimum absolute atomic E-state index is 0.0553. The summed E-state index contributed by atoms with van der Waals surface area (Å²) in [5, 5.41) is 0.726. The Morgan fingerprint density at radius 1 is 1.15 bits per heavy atom. The van der Waals surface area contributed by atoms with E-state index in [1.807, 2.05) is 30.0 Å². The molecular formula is C24H26N4O3S2. The lowest BCUT2D eigenvalue weighted by Gasteiger charge is -2.25. The van der Waals surface area contributed by atoms with Gasteiger partial charge in [0, 0.05) is 22.7 Å². The summed E-state index contributed by atoms with van der Waals surface area (Å²) in [6.45, 7) is 6.56. The highest BCUT2D eigenvalue weighted by Crippen LogP contribution is 2.37. The number of benzene rings is 1. The maximum atomic E-state index is 12.8. The molecule has 2 aliphatic heterocycles. The zero-order valence-corrected chi connectivity index (χ0v) is 20.4. The van der Waals surface area contributed by atoms with E-state index in [4.69, 9.17) is 9.98 Å². The molecule has 2 aromatic heterocycles. The normalized spacial score (nSPS) is 21.4. The highest BCUT2D eigenvalue weighted by atomic mass is 32.2. The number of rotatable bonds is 4. The standard InChI is InChI=1S/C24H26N4O3S2/c1-15(2)17-7-9-19(10-8-17)27(24-26-20-13-33(30,31)14-21(20)32-24)12-18-11-23(29)28-16(3)5-4-6-22(28)25-18/h4-11,15,20-21H,12-14H2,1-3H3/t20-,21+/m1/s1. The van der Waals surface area contributed by atoms with Crippen LogP contribution >= 0.6 is 11.8 Å². The van der Waals surface area contributed by atoms with Crippen molar-refractivity contribution in [2.24, 2.45) is 4.99 Å². The third kappa shape index (κ3) is 4.31. The molecule has 0 unspecified atom stereocenters. The quantitative estimate of drug-likeness (QED) is 0.567. The fourth-order valence-corrected chi connectivity index (χ4v) is 8.17. The molecule has 2 atom stereocenters. The summed E-state index contributed by atoms with van der Waals surface area (Å²) in [6.07, 6.45) is 0. The molecule has 33 heavy (non-hydrogen) atoms. The first-order valence-electron chi connectivity index (χ1n) is 11.0. The van der Waals surface area contributed by atoms with Crippen LogP contribution in [0.5, 0.6) is 0 Å². The molecule has 0 bridgehead atoms. The minimum Gasteiger partial charge on any atom is -0.315 e. The van der Waals surface area contributed by atoms with Crippen molar-refractivity contribution in [1.29, 1.82) is 0 Å². The van der Waals surface area contributed by atoms with Crippen molar-refractivity contribution in [1.82, 2.24) is 9.38 Å². The third-order valence-electron chi connectivity index (χ3n) is 6.16. The topological polar surface area (TPSA) is 84.1 Å². The van der Waals surface area contributed by atoms with E-state index in [9.17, 15) is 13.2 Å². The van der Waals surface area contributed by atoms with Crippen molar-refractivity contribution in [3.05, 3.63) is 75.8 Å². The van der Waals surface area contributed by atoms with Crippen LogP contribution in [0.25, 0.3) is 5.65 Å². The van der Waals surface area contributed by atoms with E-state index in [1.54, 1.807) is 10.5 Å². The predicted molar refractivity (Wildman–Crippen MR) is 134 cm³/mol. The van der Waals surface area contributed by atoms with Crippen LogP contribution in [0, 0.1) is 6.92 Å². The van der Waals surface area contributed by atoms with Crippen LogP contribution in [-0.4, -0.2) is 45.8 Å². The van der Waals surface area contributed by atoms with Gasteiger partial charge in [-0.15, -0.1) is 0 Å². The Labute approximate surface area is 197 Å². The first kappa shape index (κ1) is 22.2. The zero-order chi connectivity index (χ0) is 23.3. The van der Waals surface area contributed by atoms with E-state index in [2.05, 4.69) is 38.1 Å². The maximum absolute atomic E-state index is 12.8. The highest BCUT2D eigenvalue weighted by Gasteiger charge is 2.44. The SMILES string of the molecule is Cc1cccc2nc(CN(C3=N[C@@H]4CS(=O)(=O)C[C@@H]4S3)c3ccc(C(C)C)cc3)cc(=O)n12. The van der Waals surface area contributed by atoms with E-state index in [0.29, 0.717) is 23.8 Å². The molecule has 9 heteroatoms. The lowest BCUT2D eigenvalue weighted by molar-refractivity contribution is 0.601. The number of sulfone groups is 1. The zero-order valence-electron chi connectivity index (χ0n) is 18.8. The summed E-state index contributed by atoms with van der Waals surface area (Å²) in [4.78, 5) is 24.4. The van der Waals surface area contributed by atoms with E-state index < -0.39 is 9.84 Å². The Morgan fingerprint density at radius 2 is 1.91 bits per heavy atom. The molecule has 3 aromatic rings. The number of nitrogens with zero attached hydrogens (tertiary/aromatic N) is 4. The fourth-order valence-electron chi connectivity index (χ4n) is 4.39. The van der Waals surface area contributed by atoms with Gasteiger partial charge in [0.05, 0.1) is 29.8 Å². The van der Waals surface area contributed by atoms with Gasteiger partial charge in [0.2, 0.25) is 0 Å². The van der Waals surface area contributed by atoms with Crippen LogP contribution < -0.4 is 10.5 Å². The number of hydrogen-bond donors (Lipinski definition) is 0. The Hall–Kier alpha value is -2.65. The molecule has 1 fully saturated rings. The van der Waals surface area contributed by atoms with Gasteiger partial charge in [0.25, 0.3) is 5.56 Å². The molecule has 0 saturated carbocycles. The third-order valence-corrected chi connectivity index (χ3v) is 9.41. The van der Waals surface area contributed by atoms with Crippen LogP contribution in [0.2, 0.25) is 0 Å². The van der Waals surface area contributed by atoms with E-state index in [-0.39, 0.29) is 28.4 Å². The smallest absolute Gasteiger partial charge is 0.258 e. The van der Waals surface area contributed by atoms with Crippen LogP contribution in [0.15, 0.2) is 58.3 Å². The molecule has 2 aliphatic rings. The Morgan fingerprint density at radius 3 is 2.61 bits per heavy atom. The molecule has 5 rings (SSSR count). The first-order valence-corrected chi connectivity index (χ1v) is 13.7. The Kier molecular flexibility index (Phi) is 5.56. The number of aliphatic imine (C=N–C) groups is 1. The number of anilines is 1. The van der Waals surface area contributed by atoms with Gasteiger partial charge in [0.15, 0.2) is 15.0 Å². The second-order valence-electron chi connectivity index (χ2n) is 8.99. The number of thioether (sulfide) groups is 1. The van der Waals surface area contributed by atoms with Crippen molar-refractivity contribution in [2.45, 2.75) is 44.5 Å². The van der Waals surface area contributed by atoms with E-state index in [1.165, 1.54) is 17.3 Å². The van der Waals surface area contributed by atoms with Crippen molar-refractivity contribution in [2.75, 3.05) is 16.4 Å². The molecule has 172 valence electrons. The number of aryl methyl sites for hydroxylation is 1. The number of aromatic nitrogens is 2. The van der Waals surface area contributed by atoms with Gasteiger partial charge in [-0.25, -0.2) is 13.4 Å². The van der Waals surface area contributed by atoms with Crippen molar-refractivity contribution in [3.63, 3.8) is 0 Å². The Balaban J connectivity index is 1.53. The highest BCUT2D eigenvalue weighted by molar-refractivity contribution is 8.15. The molecule has 0 amide bonds. The maximum Gasteiger partial charge on any atom is 0.258 e. The fraction of sp³-hybridized carbons (Fsp3) is 0.375. The second-order valence-corrected chi connectivity index (χ2v) is 12.4. The average molecular weight is 483 g/mol. The van der Waals surface area contributed by atoms with Gasteiger partial charge < -0.3 is 4.90 Å². The van der Waals surface area contributed by atoms with Crippen LogP contribution in [0.4, 0.5) is 5.69 Å². The van der Waals surface area contributed by atoms with Gasteiger partial charge in [-0.05, 0) is 42.7 Å². The van der Waals surface area contributed by atoms with Crippen LogP contribution in [-0.2, 0) is 16.4 Å². The monoisotopic (exact) mass is 482 g/mol. The molecule has 0 aliphatic carbocycles. The summed E-state index contributed by atoms with van der Waals surface area (Å²) in [5.41, 5.74) is 4.15. The van der Waals surface area contributed by atoms with Gasteiger partial charge in [0.1, 0.15) is 5.65 Å². The van der Waals surface area contributed by atoms with Crippen molar-refractivity contribution in [3.8, 4) is 0 Å². The summed E-state index contributed by atoms with van der Waals surface area (Å²) in [7, 11) is -3.03.